The Kier molecular flexibility index (Phi) is 3.76. The molecule has 0 aliphatic heterocycles. The van der Waals surface area contributed by atoms with Crippen LogP contribution in [0.1, 0.15) is 29.2 Å². The molecule has 0 unspecified atom stereocenters. The van der Waals surface area contributed by atoms with E-state index in [1.54, 1.807) is 0 Å². The molecule has 0 saturated heterocycles. The summed E-state index contributed by atoms with van der Waals surface area (Å²) in [6, 6.07) is 17.2. The predicted octanol–water partition coefficient (Wildman–Crippen LogP) is 6.58. The van der Waals surface area contributed by atoms with Crippen molar-refractivity contribution in [2.24, 2.45) is 0 Å². The Morgan fingerprint density at radius 3 is 2.32 bits per heavy atom. The molecule has 0 fully saturated rings. The Hall–Kier alpha value is -2.74. The summed E-state index contributed by atoms with van der Waals surface area (Å²) in [4.78, 5) is 3.50. The van der Waals surface area contributed by atoms with Gasteiger partial charge in [0.25, 0.3) is 0 Å². The predicted molar refractivity (Wildman–Crippen MR) is 105 cm³/mol. The second kappa shape index (κ2) is 5.96. The molecule has 0 spiro atoms. The topological polar surface area (TPSA) is 28.9 Å². The second-order valence-electron chi connectivity index (χ2n) is 6.84. The van der Waals surface area contributed by atoms with Crippen LogP contribution in [0.2, 0.25) is 0 Å². The van der Waals surface area contributed by atoms with E-state index in [4.69, 9.17) is 4.42 Å². The highest BCUT2D eigenvalue weighted by molar-refractivity contribution is 5.89. The first kappa shape index (κ1) is 15.8. The lowest BCUT2D eigenvalue weighted by Crippen LogP contribution is -1.87. The number of hydrogen-bond donors (Lipinski definition) is 1. The van der Waals surface area contributed by atoms with E-state index >= 15 is 0 Å². The van der Waals surface area contributed by atoms with Crippen LogP contribution >= 0.6 is 0 Å². The van der Waals surface area contributed by atoms with Crippen molar-refractivity contribution >= 4 is 11.0 Å². The van der Waals surface area contributed by atoms with Gasteiger partial charge in [-0.2, -0.15) is 0 Å². The van der Waals surface area contributed by atoms with Gasteiger partial charge in [-0.3, -0.25) is 0 Å². The molecule has 126 valence electrons. The van der Waals surface area contributed by atoms with Crippen molar-refractivity contribution in [2.45, 2.75) is 34.1 Å². The maximum absolute atomic E-state index is 6.25. The minimum absolute atomic E-state index is 0.900. The largest absolute Gasteiger partial charge is 0.454 e. The summed E-state index contributed by atoms with van der Waals surface area (Å²) < 4.78 is 6.25. The summed E-state index contributed by atoms with van der Waals surface area (Å²) >= 11 is 0. The van der Waals surface area contributed by atoms with Gasteiger partial charge >= 0.3 is 0 Å². The maximum atomic E-state index is 6.25. The van der Waals surface area contributed by atoms with Crippen LogP contribution in [-0.4, -0.2) is 4.98 Å². The molecule has 0 saturated carbocycles. The third-order valence-electron chi connectivity index (χ3n) is 5.10. The molecule has 2 aromatic heterocycles. The zero-order valence-electron chi connectivity index (χ0n) is 15.2. The van der Waals surface area contributed by atoms with Crippen LogP contribution in [0.5, 0.6) is 0 Å². The molecule has 2 heterocycles. The van der Waals surface area contributed by atoms with Crippen molar-refractivity contribution in [3.05, 3.63) is 70.8 Å². The van der Waals surface area contributed by atoms with Gasteiger partial charge in [0, 0.05) is 11.1 Å². The van der Waals surface area contributed by atoms with E-state index in [2.05, 4.69) is 81.2 Å². The van der Waals surface area contributed by atoms with Crippen LogP contribution in [0, 0.1) is 20.8 Å². The lowest BCUT2D eigenvalue weighted by Gasteiger charge is -2.05. The van der Waals surface area contributed by atoms with Crippen molar-refractivity contribution in [1.29, 1.82) is 0 Å². The highest BCUT2D eigenvalue weighted by atomic mass is 16.3. The molecular formula is C23H23NO. The van der Waals surface area contributed by atoms with E-state index in [1.807, 2.05) is 0 Å². The van der Waals surface area contributed by atoms with Gasteiger partial charge in [-0.15, -0.1) is 0 Å². The van der Waals surface area contributed by atoms with E-state index < -0.39 is 0 Å². The normalized spacial score (nSPS) is 11.4. The molecule has 0 bridgehead atoms. The smallest absolute Gasteiger partial charge is 0.151 e. The summed E-state index contributed by atoms with van der Waals surface area (Å²) in [5.74, 6) is 0.900. The molecule has 0 aliphatic rings. The molecule has 1 N–H and O–H groups in total. The first-order valence-corrected chi connectivity index (χ1v) is 8.86. The summed E-state index contributed by atoms with van der Waals surface area (Å²) in [6.45, 7) is 8.62. The summed E-state index contributed by atoms with van der Waals surface area (Å²) in [7, 11) is 0. The van der Waals surface area contributed by atoms with Crippen molar-refractivity contribution in [2.75, 3.05) is 0 Å². The van der Waals surface area contributed by atoms with Crippen LogP contribution in [0.25, 0.3) is 33.7 Å². The standard InChI is InChI=1S/C23H23NO/c1-5-17-12-15(3)16(4)19-13-22(25-23(17)19)21-11-10-20(24-21)18-8-6-14(2)7-9-18/h6-13,24H,5H2,1-4H3. The number of aryl methyl sites for hydroxylation is 4. The molecule has 2 nitrogen and oxygen atoms in total. The van der Waals surface area contributed by atoms with Crippen molar-refractivity contribution in [1.82, 2.24) is 4.98 Å². The summed E-state index contributed by atoms with van der Waals surface area (Å²) in [5.41, 5.74) is 9.50. The van der Waals surface area contributed by atoms with Crippen LogP contribution in [0.4, 0.5) is 0 Å². The molecule has 2 aromatic carbocycles. The Morgan fingerprint density at radius 2 is 1.60 bits per heavy atom. The third-order valence-corrected chi connectivity index (χ3v) is 5.10. The Morgan fingerprint density at radius 1 is 0.880 bits per heavy atom. The van der Waals surface area contributed by atoms with Gasteiger partial charge in [-0.05, 0) is 67.6 Å². The first-order valence-electron chi connectivity index (χ1n) is 8.86. The molecular weight excluding hydrogens is 306 g/mol. The lowest BCUT2D eigenvalue weighted by molar-refractivity contribution is 0.624. The highest BCUT2D eigenvalue weighted by Gasteiger charge is 2.14. The molecule has 2 heteroatoms. The molecule has 0 amide bonds. The lowest BCUT2D eigenvalue weighted by atomic mass is 10.00. The average molecular weight is 329 g/mol. The van der Waals surface area contributed by atoms with Crippen molar-refractivity contribution in [3.8, 4) is 22.7 Å². The number of aromatic nitrogens is 1. The van der Waals surface area contributed by atoms with Gasteiger partial charge in [-0.25, -0.2) is 0 Å². The molecule has 0 atom stereocenters. The van der Waals surface area contributed by atoms with E-state index in [1.165, 1.54) is 33.2 Å². The van der Waals surface area contributed by atoms with E-state index in [9.17, 15) is 0 Å². The number of furan rings is 1. The quantitative estimate of drug-likeness (QED) is 0.452. The fourth-order valence-electron chi connectivity index (χ4n) is 3.39. The van der Waals surface area contributed by atoms with Crippen molar-refractivity contribution < 1.29 is 4.42 Å². The molecule has 4 rings (SSSR count). The van der Waals surface area contributed by atoms with Crippen molar-refractivity contribution in [3.63, 3.8) is 0 Å². The first-order chi connectivity index (χ1) is 12.1. The number of aromatic amines is 1. The van der Waals surface area contributed by atoms with Gasteiger partial charge < -0.3 is 9.40 Å². The zero-order chi connectivity index (χ0) is 17.6. The minimum Gasteiger partial charge on any atom is -0.454 e. The fraction of sp³-hybridized carbons (Fsp3) is 0.217. The fourth-order valence-corrected chi connectivity index (χ4v) is 3.39. The molecule has 4 aromatic rings. The number of nitrogens with one attached hydrogen (secondary N) is 1. The number of hydrogen-bond acceptors (Lipinski definition) is 1. The van der Waals surface area contributed by atoms with Gasteiger partial charge in [0.05, 0.1) is 5.69 Å². The zero-order valence-corrected chi connectivity index (χ0v) is 15.2. The number of fused-ring (bicyclic) bond motifs is 1. The third kappa shape index (κ3) is 2.68. The molecule has 0 radical (unpaired) electrons. The van der Waals surface area contributed by atoms with Gasteiger partial charge in [0.2, 0.25) is 0 Å². The SMILES string of the molecule is CCc1cc(C)c(C)c2cc(-c3ccc(-c4ccc(C)cc4)[nH]3)oc12. The average Bonchev–Trinajstić information content (AvgIpc) is 3.26. The van der Waals surface area contributed by atoms with E-state index in [0.29, 0.717) is 0 Å². The van der Waals surface area contributed by atoms with Gasteiger partial charge in [0.1, 0.15) is 5.58 Å². The van der Waals surface area contributed by atoms with Gasteiger partial charge in [0.15, 0.2) is 5.76 Å². The Bertz CT molecular complexity index is 1050. The highest BCUT2D eigenvalue weighted by Crippen LogP contribution is 2.34. The van der Waals surface area contributed by atoms with E-state index in [-0.39, 0.29) is 0 Å². The number of H-pyrrole nitrogens is 1. The van der Waals surface area contributed by atoms with E-state index in [0.717, 1.165) is 29.2 Å². The number of rotatable bonds is 3. The Balaban J connectivity index is 1.80. The van der Waals surface area contributed by atoms with Crippen LogP contribution < -0.4 is 0 Å². The maximum Gasteiger partial charge on any atom is 0.151 e. The summed E-state index contributed by atoms with van der Waals surface area (Å²) in [5, 5.41) is 1.22. The molecule has 0 aliphatic carbocycles. The van der Waals surface area contributed by atoms with Crippen LogP contribution in [-0.2, 0) is 6.42 Å². The monoisotopic (exact) mass is 329 g/mol. The summed E-state index contributed by atoms with van der Waals surface area (Å²) in [6.07, 6.45) is 0.976. The van der Waals surface area contributed by atoms with Crippen LogP contribution in [0.15, 0.2) is 52.9 Å². The second-order valence-corrected chi connectivity index (χ2v) is 6.84. The molecule has 25 heavy (non-hydrogen) atoms. The van der Waals surface area contributed by atoms with Crippen LogP contribution in [0.3, 0.4) is 0 Å². The number of benzene rings is 2. The van der Waals surface area contributed by atoms with Gasteiger partial charge in [-0.1, -0.05) is 42.8 Å². The minimum atomic E-state index is 0.900. The Labute approximate surface area is 148 Å².